The van der Waals surface area contributed by atoms with Gasteiger partial charge in [-0.25, -0.2) is 8.42 Å². The summed E-state index contributed by atoms with van der Waals surface area (Å²) in [5.74, 6) is -0.951. The fourth-order valence-electron chi connectivity index (χ4n) is 4.94. The van der Waals surface area contributed by atoms with E-state index in [1.54, 1.807) is 43.3 Å². The van der Waals surface area contributed by atoms with Crippen molar-refractivity contribution in [3.05, 3.63) is 59.7 Å². The van der Waals surface area contributed by atoms with Crippen LogP contribution in [0.5, 0.6) is 11.5 Å². The van der Waals surface area contributed by atoms with E-state index in [-0.39, 0.29) is 28.4 Å². The number of amides is 1. The van der Waals surface area contributed by atoms with Gasteiger partial charge in [0.25, 0.3) is 11.7 Å². The predicted octanol–water partition coefficient (Wildman–Crippen LogP) is 4.83. The number of ketones is 1. The highest BCUT2D eigenvalue weighted by molar-refractivity contribution is 7.92. The van der Waals surface area contributed by atoms with E-state index in [1.807, 2.05) is 32.9 Å². The summed E-state index contributed by atoms with van der Waals surface area (Å²) in [5.41, 5.74) is 0.955. The lowest BCUT2D eigenvalue weighted by Gasteiger charge is -2.26. The molecule has 3 aromatic rings. The number of hydrogen-bond acceptors (Lipinski definition) is 8. The summed E-state index contributed by atoms with van der Waals surface area (Å²) in [7, 11) is -2.27. The molecule has 1 heterocycles. The largest absolute Gasteiger partial charge is 0.492 e. The number of rotatable bonds is 12. The van der Waals surface area contributed by atoms with Gasteiger partial charge < -0.3 is 19.5 Å². The molecule has 11 heteroatoms. The summed E-state index contributed by atoms with van der Waals surface area (Å²) in [5, 5.41) is 4.00. The normalized spacial score (nSPS) is 14.3. The van der Waals surface area contributed by atoms with Crippen molar-refractivity contribution in [1.29, 1.82) is 0 Å². The van der Waals surface area contributed by atoms with Crippen molar-refractivity contribution in [2.45, 2.75) is 39.5 Å². The van der Waals surface area contributed by atoms with Crippen LogP contribution in [-0.2, 0) is 25.0 Å². The standard InChI is InChI=1S/C32H41N3O7S/c1-6-19-43(38,39)34-27-21-22(32(2,3)4)20-26(30(27)40-5)33-31(37)29(36)25-11-12-28(24-10-8-7-9-23(24)25)42-18-15-35-13-16-41-17-14-35/h7-12,20-21,34H,6,13-19H2,1-5H3,(H,33,37). The average Bonchev–Trinajstić information content (AvgIpc) is 2.96. The molecule has 2 N–H and O–H groups in total. The van der Waals surface area contributed by atoms with E-state index in [4.69, 9.17) is 14.2 Å². The molecule has 0 atom stereocenters. The number of morpholine rings is 1. The molecule has 0 radical (unpaired) electrons. The Labute approximate surface area is 253 Å². The van der Waals surface area contributed by atoms with Crippen molar-refractivity contribution in [2.75, 3.05) is 62.4 Å². The van der Waals surface area contributed by atoms with Gasteiger partial charge in [0, 0.05) is 30.6 Å². The molecule has 1 saturated heterocycles. The van der Waals surface area contributed by atoms with Gasteiger partial charge in [-0.2, -0.15) is 0 Å². The molecule has 1 aliphatic rings. The fourth-order valence-corrected chi connectivity index (χ4v) is 6.07. The number of hydrogen-bond donors (Lipinski definition) is 2. The van der Waals surface area contributed by atoms with Gasteiger partial charge in [0.15, 0.2) is 5.75 Å². The van der Waals surface area contributed by atoms with E-state index in [0.29, 0.717) is 37.4 Å². The number of sulfonamides is 1. The number of carbonyl (C=O) groups excluding carboxylic acids is 2. The summed E-state index contributed by atoms with van der Waals surface area (Å²) in [4.78, 5) is 29.2. The lowest BCUT2D eigenvalue weighted by molar-refractivity contribution is -0.112. The Morgan fingerprint density at radius 1 is 1.00 bits per heavy atom. The Morgan fingerprint density at radius 2 is 1.67 bits per heavy atom. The third-order valence-corrected chi connectivity index (χ3v) is 8.73. The molecule has 0 saturated carbocycles. The maximum atomic E-state index is 13.6. The first-order valence-corrected chi connectivity index (χ1v) is 16.1. The molecule has 0 unspecified atom stereocenters. The zero-order chi connectivity index (χ0) is 31.2. The number of methoxy groups -OCH3 is 1. The zero-order valence-corrected chi connectivity index (χ0v) is 26.3. The summed E-state index contributed by atoms with van der Waals surface area (Å²) in [6.45, 7) is 12.1. The Morgan fingerprint density at radius 3 is 2.33 bits per heavy atom. The van der Waals surface area contributed by atoms with Crippen molar-refractivity contribution < 1.29 is 32.2 Å². The smallest absolute Gasteiger partial charge is 0.296 e. The second-order valence-corrected chi connectivity index (χ2v) is 13.4. The molecule has 0 aromatic heterocycles. The average molecular weight is 612 g/mol. The highest BCUT2D eigenvalue weighted by atomic mass is 32.2. The molecule has 4 rings (SSSR count). The molecular formula is C32H41N3O7S. The van der Waals surface area contributed by atoms with Crippen LogP contribution in [0.3, 0.4) is 0 Å². The Balaban J connectivity index is 1.61. The SMILES string of the molecule is CCCS(=O)(=O)Nc1cc(C(C)(C)C)cc(NC(=O)C(=O)c2ccc(OCCN3CCOCC3)c3ccccc23)c1OC. The first-order valence-electron chi connectivity index (χ1n) is 14.5. The van der Waals surface area contributed by atoms with Gasteiger partial charge in [0.2, 0.25) is 10.0 Å². The second-order valence-electron chi connectivity index (χ2n) is 11.5. The molecule has 0 spiro atoms. The van der Waals surface area contributed by atoms with Crippen LogP contribution in [0.15, 0.2) is 48.5 Å². The number of benzene rings is 3. The first kappa shape index (κ1) is 32.2. The van der Waals surface area contributed by atoms with E-state index in [9.17, 15) is 18.0 Å². The van der Waals surface area contributed by atoms with Gasteiger partial charge in [-0.05, 0) is 47.1 Å². The third-order valence-electron chi connectivity index (χ3n) is 7.25. The molecular weight excluding hydrogens is 570 g/mol. The summed E-state index contributed by atoms with van der Waals surface area (Å²) in [6.07, 6.45) is 0.431. The molecule has 10 nitrogen and oxygen atoms in total. The van der Waals surface area contributed by atoms with Crippen LogP contribution >= 0.6 is 0 Å². The highest BCUT2D eigenvalue weighted by Crippen LogP contribution is 2.39. The number of carbonyl (C=O) groups is 2. The fraction of sp³-hybridized carbons (Fsp3) is 0.438. The predicted molar refractivity (Wildman–Crippen MR) is 169 cm³/mol. The maximum absolute atomic E-state index is 13.6. The molecule has 232 valence electrons. The van der Waals surface area contributed by atoms with E-state index >= 15 is 0 Å². The second kappa shape index (κ2) is 13.7. The Bertz CT molecular complexity index is 1580. The van der Waals surface area contributed by atoms with E-state index in [0.717, 1.165) is 30.6 Å². The van der Waals surface area contributed by atoms with Crippen LogP contribution in [0.4, 0.5) is 11.4 Å². The zero-order valence-electron chi connectivity index (χ0n) is 25.5. The minimum absolute atomic E-state index is 0.0733. The molecule has 43 heavy (non-hydrogen) atoms. The summed E-state index contributed by atoms with van der Waals surface area (Å²) in [6, 6.07) is 14.0. The molecule has 1 fully saturated rings. The van der Waals surface area contributed by atoms with Crippen LogP contribution in [0.25, 0.3) is 10.8 Å². The molecule has 3 aromatic carbocycles. The lowest BCUT2D eigenvalue weighted by Crippen LogP contribution is -2.38. The molecule has 0 aliphatic carbocycles. The van der Waals surface area contributed by atoms with Gasteiger partial charge in [-0.15, -0.1) is 0 Å². The van der Waals surface area contributed by atoms with Crippen LogP contribution in [0.1, 0.15) is 50.0 Å². The third kappa shape index (κ3) is 8.04. The van der Waals surface area contributed by atoms with Gasteiger partial charge in [0.1, 0.15) is 12.4 Å². The topological polar surface area (TPSA) is 123 Å². The van der Waals surface area contributed by atoms with E-state index < -0.39 is 27.1 Å². The van der Waals surface area contributed by atoms with Gasteiger partial charge >= 0.3 is 0 Å². The Hall–Kier alpha value is -3.67. The van der Waals surface area contributed by atoms with Gasteiger partial charge in [0.05, 0.1) is 37.5 Å². The van der Waals surface area contributed by atoms with Crippen molar-refractivity contribution in [3.8, 4) is 11.5 Å². The number of nitrogens with one attached hydrogen (secondary N) is 2. The van der Waals surface area contributed by atoms with Crippen LogP contribution < -0.4 is 19.5 Å². The van der Waals surface area contributed by atoms with Crippen molar-refractivity contribution in [3.63, 3.8) is 0 Å². The van der Waals surface area contributed by atoms with Gasteiger partial charge in [-0.3, -0.25) is 19.2 Å². The molecule has 0 bridgehead atoms. The van der Waals surface area contributed by atoms with Crippen LogP contribution in [-0.4, -0.2) is 77.3 Å². The van der Waals surface area contributed by atoms with Crippen LogP contribution in [0, 0.1) is 0 Å². The van der Waals surface area contributed by atoms with Crippen molar-refractivity contribution >= 4 is 43.9 Å². The minimum atomic E-state index is -3.66. The van der Waals surface area contributed by atoms with Crippen LogP contribution in [0.2, 0.25) is 0 Å². The first-order chi connectivity index (χ1) is 20.4. The lowest BCUT2D eigenvalue weighted by atomic mass is 9.86. The number of nitrogens with zero attached hydrogens (tertiary/aromatic N) is 1. The number of ether oxygens (including phenoxy) is 3. The number of Topliss-reactive ketones (excluding diaryl/α,β-unsaturated/α-hetero) is 1. The highest BCUT2D eigenvalue weighted by Gasteiger charge is 2.26. The summed E-state index contributed by atoms with van der Waals surface area (Å²) < 4.78 is 44.9. The maximum Gasteiger partial charge on any atom is 0.296 e. The van der Waals surface area contributed by atoms with Crippen molar-refractivity contribution in [1.82, 2.24) is 4.90 Å². The van der Waals surface area contributed by atoms with Crippen molar-refractivity contribution in [2.24, 2.45) is 0 Å². The molecule has 1 amide bonds. The van der Waals surface area contributed by atoms with E-state index in [2.05, 4.69) is 14.9 Å². The quantitative estimate of drug-likeness (QED) is 0.221. The van der Waals surface area contributed by atoms with E-state index in [1.165, 1.54) is 7.11 Å². The Kier molecular flexibility index (Phi) is 10.3. The summed E-state index contributed by atoms with van der Waals surface area (Å²) >= 11 is 0. The number of fused-ring (bicyclic) bond motifs is 1. The monoisotopic (exact) mass is 611 g/mol. The minimum Gasteiger partial charge on any atom is -0.492 e. The number of anilines is 2. The van der Waals surface area contributed by atoms with Gasteiger partial charge in [-0.1, -0.05) is 52.0 Å². The molecule has 1 aliphatic heterocycles.